The molecule has 0 saturated carbocycles. The van der Waals surface area contributed by atoms with Crippen molar-refractivity contribution < 1.29 is 13.2 Å². The van der Waals surface area contributed by atoms with Gasteiger partial charge in [-0.25, -0.2) is 13.4 Å². The SMILES string of the molecule is CN1CCCN(S(=O)(=O)c2cccnc2Cl)CC1=O. The summed E-state index contributed by atoms with van der Waals surface area (Å²) in [6, 6.07) is 2.90. The lowest BCUT2D eigenvalue weighted by molar-refractivity contribution is -0.129. The topological polar surface area (TPSA) is 70.6 Å². The normalized spacial score (nSPS) is 18.4. The highest BCUT2D eigenvalue weighted by Gasteiger charge is 2.31. The highest BCUT2D eigenvalue weighted by atomic mass is 35.5. The summed E-state index contributed by atoms with van der Waals surface area (Å²) in [5.74, 6) is -0.221. The number of halogens is 1. The molecule has 0 bridgehead atoms. The number of nitrogens with zero attached hydrogens (tertiary/aromatic N) is 3. The molecule has 0 unspecified atom stereocenters. The van der Waals surface area contributed by atoms with Gasteiger partial charge in [-0.2, -0.15) is 4.31 Å². The van der Waals surface area contributed by atoms with Gasteiger partial charge in [0.15, 0.2) is 0 Å². The van der Waals surface area contributed by atoms with Gasteiger partial charge in [-0.05, 0) is 18.6 Å². The molecule has 0 aliphatic carbocycles. The predicted octanol–water partition coefficient (Wildman–Crippen LogP) is 0.588. The third kappa shape index (κ3) is 2.88. The number of carbonyl (C=O) groups excluding carboxylic acids is 1. The Balaban J connectivity index is 2.35. The van der Waals surface area contributed by atoms with Crippen LogP contribution in [-0.2, 0) is 14.8 Å². The van der Waals surface area contributed by atoms with Gasteiger partial charge < -0.3 is 4.90 Å². The van der Waals surface area contributed by atoms with E-state index >= 15 is 0 Å². The molecular weight excluding hydrogens is 290 g/mol. The molecule has 1 fully saturated rings. The molecule has 1 saturated heterocycles. The van der Waals surface area contributed by atoms with Crippen molar-refractivity contribution in [3.8, 4) is 0 Å². The fourth-order valence-electron chi connectivity index (χ4n) is 1.87. The molecule has 1 aromatic rings. The van der Waals surface area contributed by atoms with Crippen LogP contribution in [0.3, 0.4) is 0 Å². The third-order valence-corrected chi connectivity index (χ3v) is 5.27. The van der Waals surface area contributed by atoms with Crippen LogP contribution < -0.4 is 0 Å². The Kier molecular flexibility index (Phi) is 4.07. The van der Waals surface area contributed by atoms with E-state index in [0.29, 0.717) is 19.5 Å². The molecule has 0 N–H and O–H groups in total. The van der Waals surface area contributed by atoms with Crippen molar-refractivity contribution in [2.45, 2.75) is 11.3 Å². The Morgan fingerprint density at radius 3 is 2.79 bits per heavy atom. The standard InChI is InChI=1S/C11H14ClN3O3S/c1-14-6-3-7-15(8-10(14)16)19(17,18)9-4-2-5-13-11(9)12/h2,4-5H,3,6-8H2,1H3. The number of carbonyl (C=O) groups is 1. The van der Waals surface area contributed by atoms with E-state index in [-0.39, 0.29) is 22.5 Å². The number of amides is 1. The second-order valence-electron chi connectivity index (χ2n) is 4.30. The average Bonchev–Trinajstić information content (AvgIpc) is 2.53. The maximum absolute atomic E-state index is 12.4. The highest BCUT2D eigenvalue weighted by Crippen LogP contribution is 2.23. The van der Waals surface area contributed by atoms with Gasteiger partial charge in [0.25, 0.3) is 0 Å². The van der Waals surface area contributed by atoms with Crippen LogP contribution in [-0.4, -0.2) is 55.2 Å². The molecule has 2 heterocycles. The summed E-state index contributed by atoms with van der Waals surface area (Å²) in [5.41, 5.74) is 0. The van der Waals surface area contributed by atoms with Gasteiger partial charge in [-0.1, -0.05) is 11.6 Å². The molecular formula is C11H14ClN3O3S. The molecule has 0 radical (unpaired) electrons. The van der Waals surface area contributed by atoms with Crippen molar-refractivity contribution in [2.24, 2.45) is 0 Å². The average molecular weight is 304 g/mol. The number of hydrogen-bond donors (Lipinski definition) is 0. The lowest BCUT2D eigenvalue weighted by Gasteiger charge is -2.19. The van der Waals surface area contributed by atoms with E-state index in [2.05, 4.69) is 4.98 Å². The maximum atomic E-state index is 12.4. The van der Waals surface area contributed by atoms with Gasteiger partial charge in [-0.15, -0.1) is 0 Å². The Bertz CT molecular complexity index is 591. The third-order valence-electron chi connectivity index (χ3n) is 2.98. The maximum Gasteiger partial charge on any atom is 0.246 e. The zero-order valence-electron chi connectivity index (χ0n) is 10.4. The van der Waals surface area contributed by atoms with E-state index in [1.807, 2.05) is 0 Å². The molecule has 1 amide bonds. The van der Waals surface area contributed by atoms with E-state index in [1.165, 1.54) is 23.2 Å². The second kappa shape index (κ2) is 5.44. The molecule has 8 heteroatoms. The van der Waals surface area contributed by atoms with Gasteiger partial charge in [-0.3, -0.25) is 4.79 Å². The Labute approximate surface area is 117 Å². The van der Waals surface area contributed by atoms with Crippen LogP contribution in [0.4, 0.5) is 0 Å². The fourth-order valence-corrected chi connectivity index (χ4v) is 3.72. The molecule has 0 atom stereocenters. The fraction of sp³-hybridized carbons (Fsp3) is 0.455. The minimum atomic E-state index is -3.78. The summed E-state index contributed by atoms with van der Waals surface area (Å²) < 4.78 is 26.0. The van der Waals surface area contributed by atoms with E-state index in [4.69, 9.17) is 11.6 Å². The smallest absolute Gasteiger partial charge is 0.246 e. The Hall–Kier alpha value is -1.18. The first kappa shape index (κ1) is 14.2. The van der Waals surface area contributed by atoms with E-state index in [1.54, 1.807) is 7.05 Å². The van der Waals surface area contributed by atoms with Gasteiger partial charge in [0, 0.05) is 26.3 Å². The number of sulfonamides is 1. The van der Waals surface area contributed by atoms with E-state index < -0.39 is 10.0 Å². The molecule has 6 nitrogen and oxygen atoms in total. The van der Waals surface area contributed by atoms with Crippen LogP contribution in [0.1, 0.15) is 6.42 Å². The van der Waals surface area contributed by atoms with Crippen molar-refractivity contribution in [1.29, 1.82) is 0 Å². The minimum Gasteiger partial charge on any atom is -0.345 e. The van der Waals surface area contributed by atoms with Crippen LogP contribution >= 0.6 is 11.6 Å². The van der Waals surface area contributed by atoms with Gasteiger partial charge in [0.05, 0.1) is 6.54 Å². The number of pyridine rings is 1. The van der Waals surface area contributed by atoms with Crippen molar-refractivity contribution in [2.75, 3.05) is 26.7 Å². The number of aromatic nitrogens is 1. The quantitative estimate of drug-likeness (QED) is 0.750. The van der Waals surface area contributed by atoms with Crippen molar-refractivity contribution in [1.82, 2.24) is 14.2 Å². The number of likely N-dealkylation sites (N-methyl/N-ethyl adjacent to an activating group) is 1. The van der Waals surface area contributed by atoms with Crippen LogP contribution in [0, 0.1) is 0 Å². The van der Waals surface area contributed by atoms with Crippen molar-refractivity contribution in [3.05, 3.63) is 23.5 Å². The molecule has 1 aliphatic rings. The number of hydrogen-bond acceptors (Lipinski definition) is 4. The number of rotatable bonds is 2. The largest absolute Gasteiger partial charge is 0.345 e. The molecule has 19 heavy (non-hydrogen) atoms. The van der Waals surface area contributed by atoms with Crippen LogP contribution in [0.2, 0.25) is 5.15 Å². The molecule has 0 spiro atoms. The first-order valence-corrected chi connectivity index (χ1v) is 7.59. The summed E-state index contributed by atoms with van der Waals surface area (Å²) in [6.45, 7) is 0.680. The molecule has 1 aromatic heterocycles. The summed E-state index contributed by atoms with van der Waals surface area (Å²) in [7, 11) is -2.12. The second-order valence-corrected chi connectivity index (χ2v) is 6.56. The van der Waals surface area contributed by atoms with Crippen molar-refractivity contribution in [3.63, 3.8) is 0 Å². The van der Waals surface area contributed by atoms with Gasteiger partial charge in [0.1, 0.15) is 10.0 Å². The van der Waals surface area contributed by atoms with Gasteiger partial charge >= 0.3 is 0 Å². The molecule has 2 rings (SSSR count). The Morgan fingerprint density at radius 2 is 2.11 bits per heavy atom. The molecule has 104 valence electrons. The minimum absolute atomic E-state index is 0.0611. The molecule has 1 aliphatic heterocycles. The highest BCUT2D eigenvalue weighted by molar-refractivity contribution is 7.89. The predicted molar refractivity (Wildman–Crippen MR) is 70.3 cm³/mol. The first-order valence-electron chi connectivity index (χ1n) is 5.77. The van der Waals surface area contributed by atoms with Crippen LogP contribution in [0.25, 0.3) is 0 Å². The van der Waals surface area contributed by atoms with Crippen molar-refractivity contribution >= 4 is 27.5 Å². The van der Waals surface area contributed by atoms with Crippen LogP contribution in [0.5, 0.6) is 0 Å². The van der Waals surface area contributed by atoms with Crippen LogP contribution in [0.15, 0.2) is 23.2 Å². The first-order chi connectivity index (χ1) is 8.93. The van der Waals surface area contributed by atoms with E-state index in [9.17, 15) is 13.2 Å². The zero-order chi connectivity index (χ0) is 14.0. The monoisotopic (exact) mass is 303 g/mol. The van der Waals surface area contributed by atoms with Gasteiger partial charge in [0.2, 0.25) is 15.9 Å². The van der Waals surface area contributed by atoms with E-state index in [0.717, 1.165) is 4.31 Å². The molecule has 0 aromatic carbocycles. The lowest BCUT2D eigenvalue weighted by atomic mass is 10.4. The summed E-state index contributed by atoms with van der Waals surface area (Å²) >= 11 is 5.82. The Morgan fingerprint density at radius 1 is 1.37 bits per heavy atom. The summed E-state index contributed by atoms with van der Waals surface area (Å²) in [5, 5.41) is -0.0763. The lowest BCUT2D eigenvalue weighted by Crippen LogP contribution is -2.38. The summed E-state index contributed by atoms with van der Waals surface area (Å²) in [6.07, 6.45) is 2.02. The zero-order valence-corrected chi connectivity index (χ0v) is 12.0. The summed E-state index contributed by atoms with van der Waals surface area (Å²) in [4.78, 5) is 17.0.